The molecule has 4 rings (SSSR count). The second kappa shape index (κ2) is 9.13. The van der Waals surface area contributed by atoms with Crippen LogP contribution >= 0.6 is 0 Å². The first-order valence-corrected chi connectivity index (χ1v) is 10.5. The molecule has 0 saturated carbocycles. The summed E-state index contributed by atoms with van der Waals surface area (Å²) >= 11 is 0. The van der Waals surface area contributed by atoms with Gasteiger partial charge in [-0.15, -0.1) is 0 Å². The number of aryl methyl sites for hydroxylation is 1. The molecular formula is C24H28N4O2. The average Bonchev–Trinajstić information content (AvgIpc) is 2.79. The van der Waals surface area contributed by atoms with Gasteiger partial charge in [-0.1, -0.05) is 48.5 Å². The summed E-state index contributed by atoms with van der Waals surface area (Å²) in [7, 11) is 0. The third-order valence-corrected chi connectivity index (χ3v) is 5.77. The molecule has 2 aromatic rings. The van der Waals surface area contributed by atoms with Gasteiger partial charge in [0.1, 0.15) is 5.70 Å². The maximum absolute atomic E-state index is 13.0. The molecule has 2 amide bonds. The number of rotatable bonds is 5. The first-order valence-electron chi connectivity index (χ1n) is 10.5. The lowest BCUT2D eigenvalue weighted by molar-refractivity contribution is -0.129. The van der Waals surface area contributed by atoms with Crippen molar-refractivity contribution in [3.63, 3.8) is 0 Å². The molecule has 0 atom stereocenters. The van der Waals surface area contributed by atoms with Gasteiger partial charge in [0.05, 0.1) is 5.69 Å². The Labute approximate surface area is 177 Å². The molecule has 0 bridgehead atoms. The Morgan fingerprint density at radius 2 is 1.67 bits per heavy atom. The number of nitrogens with zero attached hydrogens (tertiary/aromatic N) is 3. The Bertz CT molecular complexity index is 933. The molecule has 2 aromatic carbocycles. The van der Waals surface area contributed by atoms with E-state index < -0.39 is 0 Å². The van der Waals surface area contributed by atoms with Crippen molar-refractivity contribution >= 4 is 17.5 Å². The molecule has 2 heterocycles. The minimum absolute atomic E-state index is 0.0382. The quantitative estimate of drug-likeness (QED) is 0.832. The molecule has 6 nitrogen and oxygen atoms in total. The highest BCUT2D eigenvalue weighted by Crippen LogP contribution is 2.22. The Morgan fingerprint density at radius 3 is 2.40 bits per heavy atom. The number of piperazine rings is 1. The second-order valence-electron chi connectivity index (χ2n) is 7.82. The normalized spacial score (nSPS) is 17.5. The largest absolute Gasteiger partial charge is 0.335 e. The number of amides is 2. The third-order valence-electron chi connectivity index (χ3n) is 5.77. The third kappa shape index (κ3) is 4.54. The van der Waals surface area contributed by atoms with Crippen LogP contribution in [0, 0.1) is 6.92 Å². The summed E-state index contributed by atoms with van der Waals surface area (Å²) in [6.45, 7) is 6.09. The topological polar surface area (TPSA) is 55.9 Å². The minimum atomic E-state index is -0.0634. The fraction of sp³-hybridized carbons (Fsp3) is 0.333. The van der Waals surface area contributed by atoms with Crippen LogP contribution in [0.3, 0.4) is 0 Å². The van der Waals surface area contributed by atoms with Crippen LogP contribution in [0.4, 0.5) is 5.69 Å². The van der Waals surface area contributed by atoms with E-state index in [1.165, 1.54) is 10.6 Å². The van der Waals surface area contributed by atoms with E-state index in [0.717, 1.165) is 37.3 Å². The molecule has 1 fully saturated rings. The Kier molecular flexibility index (Phi) is 6.14. The van der Waals surface area contributed by atoms with Crippen LogP contribution in [0.15, 0.2) is 66.4 Å². The average molecular weight is 405 g/mol. The van der Waals surface area contributed by atoms with E-state index in [1.807, 2.05) is 42.2 Å². The number of para-hydroxylation sites is 1. The summed E-state index contributed by atoms with van der Waals surface area (Å²) in [6.07, 6.45) is 2.95. The fourth-order valence-corrected chi connectivity index (χ4v) is 3.93. The standard InChI is InChI=1S/C24H28N4O2/c1-19-7-5-6-10-22(19)28-23(29)12-11-21(25-28)24(30)27-17-15-26(16-18-27)14-13-20-8-3-2-4-9-20/h2-11,25H,12-18H2,1H3. The van der Waals surface area contributed by atoms with Gasteiger partial charge in [0.25, 0.3) is 5.91 Å². The molecule has 1 N–H and O–H groups in total. The molecule has 0 spiro atoms. The summed E-state index contributed by atoms with van der Waals surface area (Å²) in [4.78, 5) is 29.7. The van der Waals surface area contributed by atoms with Crippen LogP contribution in [0.2, 0.25) is 0 Å². The molecular weight excluding hydrogens is 376 g/mol. The molecule has 2 aliphatic heterocycles. The fourth-order valence-electron chi connectivity index (χ4n) is 3.93. The van der Waals surface area contributed by atoms with E-state index >= 15 is 0 Å². The lowest BCUT2D eigenvalue weighted by Crippen LogP contribution is -2.53. The Hall–Kier alpha value is -3.12. The predicted molar refractivity (Wildman–Crippen MR) is 118 cm³/mol. The summed E-state index contributed by atoms with van der Waals surface area (Å²) in [5.41, 5.74) is 6.65. The van der Waals surface area contributed by atoms with Crippen LogP contribution in [-0.4, -0.2) is 54.3 Å². The number of benzene rings is 2. The summed E-state index contributed by atoms with van der Waals surface area (Å²) in [5, 5.41) is 1.50. The predicted octanol–water partition coefficient (Wildman–Crippen LogP) is 2.51. The lowest BCUT2D eigenvalue weighted by atomic mass is 10.1. The van der Waals surface area contributed by atoms with E-state index in [1.54, 1.807) is 6.08 Å². The van der Waals surface area contributed by atoms with Crippen LogP contribution in [0.1, 0.15) is 17.5 Å². The maximum atomic E-state index is 13.0. The van der Waals surface area contributed by atoms with Crippen molar-refractivity contribution in [3.8, 4) is 0 Å². The number of carbonyl (C=O) groups is 2. The Balaban J connectivity index is 1.33. The van der Waals surface area contributed by atoms with Crippen molar-refractivity contribution in [2.75, 3.05) is 37.7 Å². The molecule has 6 heteroatoms. The minimum Gasteiger partial charge on any atom is -0.335 e. The van der Waals surface area contributed by atoms with Crippen LogP contribution in [0.25, 0.3) is 0 Å². The molecule has 156 valence electrons. The highest BCUT2D eigenvalue weighted by molar-refractivity contribution is 6.01. The first-order chi connectivity index (χ1) is 14.6. The van der Waals surface area contributed by atoms with Gasteiger partial charge in [0.15, 0.2) is 0 Å². The van der Waals surface area contributed by atoms with Gasteiger partial charge in [-0.2, -0.15) is 0 Å². The maximum Gasteiger partial charge on any atom is 0.271 e. The van der Waals surface area contributed by atoms with Gasteiger partial charge in [-0.25, -0.2) is 5.01 Å². The molecule has 0 unspecified atom stereocenters. The van der Waals surface area contributed by atoms with E-state index in [0.29, 0.717) is 18.8 Å². The lowest BCUT2D eigenvalue weighted by Gasteiger charge is -2.37. The van der Waals surface area contributed by atoms with Gasteiger partial charge in [0.2, 0.25) is 5.91 Å². The van der Waals surface area contributed by atoms with Gasteiger partial charge in [-0.05, 0) is 36.6 Å². The van der Waals surface area contributed by atoms with Crippen molar-refractivity contribution in [1.29, 1.82) is 0 Å². The zero-order valence-electron chi connectivity index (χ0n) is 17.4. The second-order valence-corrected chi connectivity index (χ2v) is 7.82. The van der Waals surface area contributed by atoms with E-state index in [2.05, 4.69) is 34.6 Å². The molecule has 0 radical (unpaired) electrons. The van der Waals surface area contributed by atoms with Crippen molar-refractivity contribution < 1.29 is 9.59 Å². The van der Waals surface area contributed by atoms with Gasteiger partial charge in [0, 0.05) is 39.1 Å². The van der Waals surface area contributed by atoms with Gasteiger partial charge < -0.3 is 4.90 Å². The highest BCUT2D eigenvalue weighted by atomic mass is 16.2. The highest BCUT2D eigenvalue weighted by Gasteiger charge is 2.29. The van der Waals surface area contributed by atoms with E-state index in [-0.39, 0.29) is 18.2 Å². The first kappa shape index (κ1) is 20.2. The SMILES string of the molecule is Cc1ccccc1N1NC(C(=O)N2CCN(CCc3ccccc3)CC2)=CCC1=O. The number of hydrogen-bond donors (Lipinski definition) is 1. The molecule has 2 aliphatic rings. The van der Waals surface area contributed by atoms with E-state index in [9.17, 15) is 9.59 Å². The van der Waals surface area contributed by atoms with Crippen LogP contribution in [0.5, 0.6) is 0 Å². The van der Waals surface area contributed by atoms with Crippen molar-refractivity contribution in [2.45, 2.75) is 19.8 Å². The summed E-state index contributed by atoms with van der Waals surface area (Å²) in [6, 6.07) is 18.2. The zero-order valence-corrected chi connectivity index (χ0v) is 17.4. The van der Waals surface area contributed by atoms with Gasteiger partial charge in [-0.3, -0.25) is 19.9 Å². The number of hydrazine groups is 1. The molecule has 1 saturated heterocycles. The number of anilines is 1. The van der Waals surface area contributed by atoms with Crippen LogP contribution < -0.4 is 10.4 Å². The number of carbonyl (C=O) groups excluding carboxylic acids is 2. The summed E-state index contributed by atoms with van der Waals surface area (Å²) < 4.78 is 0. The number of nitrogens with one attached hydrogen (secondary N) is 1. The van der Waals surface area contributed by atoms with Crippen LogP contribution in [-0.2, 0) is 16.0 Å². The van der Waals surface area contributed by atoms with E-state index in [4.69, 9.17) is 0 Å². The number of hydrogen-bond acceptors (Lipinski definition) is 4. The van der Waals surface area contributed by atoms with Gasteiger partial charge >= 0.3 is 0 Å². The molecule has 0 aliphatic carbocycles. The molecule has 30 heavy (non-hydrogen) atoms. The van der Waals surface area contributed by atoms with Crippen molar-refractivity contribution in [3.05, 3.63) is 77.5 Å². The monoisotopic (exact) mass is 404 g/mol. The van der Waals surface area contributed by atoms with Crippen molar-refractivity contribution in [2.24, 2.45) is 0 Å². The van der Waals surface area contributed by atoms with Crippen molar-refractivity contribution in [1.82, 2.24) is 15.2 Å². The summed E-state index contributed by atoms with van der Waals surface area (Å²) in [5.74, 6) is -0.102. The zero-order chi connectivity index (χ0) is 20.9. The smallest absolute Gasteiger partial charge is 0.271 e. The molecule has 0 aromatic heterocycles. The Morgan fingerprint density at radius 1 is 0.967 bits per heavy atom.